The van der Waals surface area contributed by atoms with Crippen LogP contribution in [0.4, 0.5) is 19.0 Å². The molecule has 3 aromatic rings. The highest BCUT2D eigenvalue weighted by molar-refractivity contribution is 5.89. The molecular weight excluding hydrogens is 419 g/mol. The van der Waals surface area contributed by atoms with E-state index in [1.54, 1.807) is 38.1 Å². The van der Waals surface area contributed by atoms with Crippen molar-refractivity contribution in [2.45, 2.75) is 26.6 Å². The largest absolute Gasteiger partial charge is 0.465 e. The lowest BCUT2D eigenvalue weighted by Gasteiger charge is -2.11. The number of nitrogens with zero attached hydrogens (tertiary/aromatic N) is 2. The van der Waals surface area contributed by atoms with E-state index >= 15 is 0 Å². The van der Waals surface area contributed by atoms with Gasteiger partial charge in [-0.25, -0.2) is 14.8 Å². The number of anilines is 1. The molecule has 5 nitrogen and oxygen atoms in total. The fraction of sp³-hybridized carbons (Fsp3) is 0.208. The molecule has 0 aliphatic carbocycles. The van der Waals surface area contributed by atoms with Crippen LogP contribution in [-0.4, -0.2) is 23.0 Å². The number of carbonyl (C=O) groups is 1. The maximum Gasteiger partial charge on any atom is 0.416 e. The average molecular weight is 439 g/mol. The van der Waals surface area contributed by atoms with Gasteiger partial charge in [0.2, 0.25) is 0 Å². The second kappa shape index (κ2) is 9.52. The molecular formula is C24H20F3N3O2. The van der Waals surface area contributed by atoms with Gasteiger partial charge in [0.1, 0.15) is 11.6 Å². The predicted octanol–water partition coefficient (Wildman–Crippen LogP) is 4.91. The van der Waals surface area contributed by atoms with Crippen molar-refractivity contribution in [2.75, 3.05) is 12.4 Å². The molecule has 32 heavy (non-hydrogen) atoms. The zero-order valence-corrected chi connectivity index (χ0v) is 17.7. The summed E-state index contributed by atoms with van der Waals surface area (Å²) in [5.41, 5.74) is 2.30. The molecule has 0 unspecified atom stereocenters. The smallest absolute Gasteiger partial charge is 0.416 e. The Balaban J connectivity index is 1.82. The average Bonchev–Trinajstić information content (AvgIpc) is 2.76. The molecule has 0 aliphatic heterocycles. The number of ether oxygens (including phenoxy) is 1. The molecule has 0 aliphatic rings. The van der Waals surface area contributed by atoms with Crippen molar-refractivity contribution in [2.24, 2.45) is 0 Å². The van der Waals surface area contributed by atoms with Gasteiger partial charge in [-0.3, -0.25) is 0 Å². The van der Waals surface area contributed by atoms with Gasteiger partial charge in [-0.1, -0.05) is 24.0 Å². The first kappa shape index (κ1) is 22.8. The molecule has 1 heterocycles. The van der Waals surface area contributed by atoms with Crippen LogP contribution >= 0.6 is 0 Å². The SMILES string of the molecule is COC(=O)c1ccc(CNc2nc(C)nc(C)c2C#Cc2ccc(C(F)(F)F)cc2)cc1. The molecule has 8 heteroatoms. The monoisotopic (exact) mass is 439 g/mol. The third-order valence-electron chi connectivity index (χ3n) is 4.58. The van der Waals surface area contributed by atoms with Gasteiger partial charge >= 0.3 is 12.1 Å². The van der Waals surface area contributed by atoms with Crippen molar-refractivity contribution in [3.63, 3.8) is 0 Å². The summed E-state index contributed by atoms with van der Waals surface area (Å²) in [5, 5.41) is 3.22. The van der Waals surface area contributed by atoms with Gasteiger partial charge in [-0.05, 0) is 55.8 Å². The fourth-order valence-electron chi connectivity index (χ4n) is 2.93. The summed E-state index contributed by atoms with van der Waals surface area (Å²) in [4.78, 5) is 20.3. The fourth-order valence-corrected chi connectivity index (χ4v) is 2.93. The van der Waals surface area contributed by atoms with Gasteiger partial charge in [0.25, 0.3) is 0 Å². The molecule has 0 atom stereocenters. The first-order valence-electron chi connectivity index (χ1n) is 9.63. The number of benzene rings is 2. The van der Waals surface area contributed by atoms with Gasteiger partial charge in [0.15, 0.2) is 0 Å². The van der Waals surface area contributed by atoms with E-state index in [9.17, 15) is 18.0 Å². The molecule has 0 fully saturated rings. The zero-order valence-electron chi connectivity index (χ0n) is 17.7. The number of esters is 1. The third-order valence-corrected chi connectivity index (χ3v) is 4.58. The van der Waals surface area contributed by atoms with Crippen LogP contribution in [0.5, 0.6) is 0 Å². The van der Waals surface area contributed by atoms with Gasteiger partial charge in [-0.15, -0.1) is 0 Å². The first-order chi connectivity index (χ1) is 15.2. The minimum atomic E-state index is -4.39. The minimum Gasteiger partial charge on any atom is -0.465 e. The van der Waals surface area contributed by atoms with Crippen LogP contribution in [-0.2, 0) is 17.5 Å². The Hall–Kier alpha value is -3.86. The number of aryl methyl sites for hydroxylation is 2. The van der Waals surface area contributed by atoms with Gasteiger partial charge in [-0.2, -0.15) is 13.2 Å². The number of hydrogen-bond donors (Lipinski definition) is 1. The van der Waals surface area contributed by atoms with Gasteiger partial charge in [0.05, 0.1) is 29.5 Å². The Kier molecular flexibility index (Phi) is 6.79. The van der Waals surface area contributed by atoms with Crippen LogP contribution in [0.25, 0.3) is 0 Å². The maximum absolute atomic E-state index is 12.7. The Labute approximate surface area is 183 Å². The number of rotatable bonds is 4. The molecule has 0 bridgehead atoms. The number of aromatic nitrogens is 2. The van der Waals surface area contributed by atoms with Crippen molar-refractivity contribution in [1.29, 1.82) is 0 Å². The molecule has 1 N–H and O–H groups in total. The van der Waals surface area contributed by atoms with E-state index in [2.05, 4.69) is 27.1 Å². The summed E-state index contributed by atoms with van der Waals surface area (Å²) < 4.78 is 42.9. The summed E-state index contributed by atoms with van der Waals surface area (Å²) in [6.45, 7) is 3.98. The molecule has 0 spiro atoms. The highest BCUT2D eigenvalue weighted by Crippen LogP contribution is 2.29. The first-order valence-corrected chi connectivity index (χ1v) is 9.63. The molecule has 1 aromatic heterocycles. The number of hydrogen-bond acceptors (Lipinski definition) is 5. The minimum absolute atomic E-state index is 0.410. The molecule has 3 rings (SSSR count). The lowest BCUT2D eigenvalue weighted by molar-refractivity contribution is -0.137. The van der Waals surface area contributed by atoms with E-state index in [0.717, 1.165) is 17.7 Å². The normalized spacial score (nSPS) is 10.8. The standard InChI is InChI=1S/C24H20F3N3O2/c1-15-21(13-8-17-6-11-20(12-7-17)24(25,26)27)22(30-16(2)29-15)28-14-18-4-9-19(10-5-18)23(31)32-3/h4-7,9-12H,14H2,1-3H3,(H,28,29,30). The van der Waals surface area contributed by atoms with Crippen molar-refractivity contribution < 1.29 is 22.7 Å². The van der Waals surface area contributed by atoms with Crippen LogP contribution in [0, 0.1) is 25.7 Å². The Bertz CT molecular complexity index is 1180. The zero-order chi connectivity index (χ0) is 23.3. The van der Waals surface area contributed by atoms with Crippen LogP contribution in [0.1, 0.15) is 44.1 Å². The number of halogens is 3. The van der Waals surface area contributed by atoms with Crippen molar-refractivity contribution in [3.8, 4) is 11.8 Å². The molecule has 164 valence electrons. The molecule has 2 aromatic carbocycles. The van der Waals surface area contributed by atoms with E-state index in [-0.39, 0.29) is 0 Å². The van der Waals surface area contributed by atoms with E-state index in [0.29, 0.717) is 40.6 Å². The van der Waals surface area contributed by atoms with Crippen molar-refractivity contribution in [1.82, 2.24) is 9.97 Å². The lowest BCUT2D eigenvalue weighted by atomic mass is 10.1. The topological polar surface area (TPSA) is 64.1 Å². The number of methoxy groups -OCH3 is 1. The van der Waals surface area contributed by atoms with Crippen molar-refractivity contribution >= 4 is 11.8 Å². The summed E-state index contributed by atoms with van der Waals surface area (Å²) >= 11 is 0. The Morgan fingerprint density at radius 1 is 1.00 bits per heavy atom. The maximum atomic E-state index is 12.7. The van der Waals surface area contributed by atoms with Crippen LogP contribution in [0.15, 0.2) is 48.5 Å². The lowest BCUT2D eigenvalue weighted by Crippen LogP contribution is -2.08. The van der Waals surface area contributed by atoms with E-state index in [1.165, 1.54) is 19.2 Å². The van der Waals surface area contributed by atoms with Crippen molar-refractivity contribution in [3.05, 3.63) is 87.9 Å². The van der Waals surface area contributed by atoms with E-state index in [4.69, 9.17) is 4.74 Å². The number of alkyl halides is 3. The highest BCUT2D eigenvalue weighted by Gasteiger charge is 2.29. The van der Waals surface area contributed by atoms with Gasteiger partial charge in [0, 0.05) is 12.1 Å². The summed E-state index contributed by atoms with van der Waals surface area (Å²) in [6, 6.07) is 11.6. The Morgan fingerprint density at radius 2 is 1.66 bits per heavy atom. The third kappa shape index (κ3) is 5.64. The van der Waals surface area contributed by atoms with Crippen LogP contribution in [0.3, 0.4) is 0 Å². The van der Waals surface area contributed by atoms with Crippen LogP contribution < -0.4 is 5.32 Å². The Morgan fingerprint density at radius 3 is 2.25 bits per heavy atom. The molecule has 0 amide bonds. The molecule has 0 saturated heterocycles. The number of carbonyl (C=O) groups excluding carboxylic acids is 1. The second-order valence-corrected chi connectivity index (χ2v) is 6.95. The second-order valence-electron chi connectivity index (χ2n) is 6.95. The van der Waals surface area contributed by atoms with E-state index < -0.39 is 17.7 Å². The summed E-state index contributed by atoms with van der Waals surface area (Å²) in [6.07, 6.45) is -4.39. The number of nitrogens with one attached hydrogen (secondary N) is 1. The predicted molar refractivity (Wildman–Crippen MR) is 114 cm³/mol. The van der Waals surface area contributed by atoms with E-state index in [1.807, 2.05) is 0 Å². The molecule has 0 radical (unpaired) electrons. The molecule has 0 saturated carbocycles. The quantitative estimate of drug-likeness (QED) is 0.462. The summed E-state index contributed by atoms with van der Waals surface area (Å²) in [5.74, 6) is 6.52. The van der Waals surface area contributed by atoms with Gasteiger partial charge < -0.3 is 10.1 Å². The van der Waals surface area contributed by atoms with Crippen LogP contribution in [0.2, 0.25) is 0 Å². The summed E-state index contributed by atoms with van der Waals surface area (Å²) in [7, 11) is 1.32. The highest BCUT2D eigenvalue weighted by atomic mass is 19.4.